The molecular weight excluding hydrogens is 514 g/mol. The zero-order valence-electron chi connectivity index (χ0n) is 18.7. The van der Waals surface area contributed by atoms with Gasteiger partial charge in [-0.1, -0.05) is 13.3 Å². The maximum Gasteiger partial charge on any atom is 0.341 e. The van der Waals surface area contributed by atoms with Gasteiger partial charge in [0.05, 0.1) is 21.6 Å². The van der Waals surface area contributed by atoms with Crippen LogP contribution in [0.4, 0.5) is 11.6 Å². The van der Waals surface area contributed by atoms with Gasteiger partial charge in [0.1, 0.15) is 11.3 Å². The van der Waals surface area contributed by atoms with E-state index in [0.29, 0.717) is 39.5 Å². The van der Waals surface area contributed by atoms with Crippen molar-refractivity contribution in [1.82, 2.24) is 14.5 Å². The fourth-order valence-corrected chi connectivity index (χ4v) is 3.89. The molecule has 0 atom stereocenters. The average molecular weight is 534 g/mol. The van der Waals surface area contributed by atoms with Gasteiger partial charge in [-0.2, -0.15) is 10.2 Å². The van der Waals surface area contributed by atoms with Crippen molar-refractivity contribution in [3.63, 3.8) is 0 Å². The van der Waals surface area contributed by atoms with Crippen molar-refractivity contribution < 1.29 is 14.6 Å². The molecule has 0 aliphatic heterocycles. The lowest BCUT2D eigenvalue weighted by atomic mass is 10.1. The number of rotatable bonds is 8. The molecule has 0 saturated heterocycles. The van der Waals surface area contributed by atoms with Crippen LogP contribution < -0.4 is 15.5 Å². The molecule has 0 aliphatic rings. The molecule has 0 radical (unpaired) electrons. The first-order chi connectivity index (χ1) is 16.9. The summed E-state index contributed by atoms with van der Waals surface area (Å²) in [5, 5.41) is 21.7. The zero-order chi connectivity index (χ0) is 24.9. The number of aromatic nitrogens is 3. The van der Waals surface area contributed by atoms with Crippen molar-refractivity contribution >= 4 is 44.4 Å². The number of hydrogen-bond acceptors (Lipinski definition) is 7. The van der Waals surface area contributed by atoms with Crippen molar-refractivity contribution in [3.05, 3.63) is 80.7 Å². The Balaban J connectivity index is 1.68. The van der Waals surface area contributed by atoms with Crippen LogP contribution in [0, 0.1) is 11.3 Å². The van der Waals surface area contributed by atoms with Crippen LogP contribution in [0.3, 0.4) is 0 Å². The summed E-state index contributed by atoms with van der Waals surface area (Å²) >= 11 is 3.43. The van der Waals surface area contributed by atoms with E-state index in [0.717, 1.165) is 12.8 Å². The summed E-state index contributed by atoms with van der Waals surface area (Å²) in [5.74, 6) is -0.286. The van der Waals surface area contributed by atoms with E-state index >= 15 is 0 Å². The van der Waals surface area contributed by atoms with E-state index in [4.69, 9.17) is 10.00 Å². The summed E-state index contributed by atoms with van der Waals surface area (Å²) in [6, 6.07) is 13.8. The van der Waals surface area contributed by atoms with E-state index in [1.165, 1.54) is 6.20 Å². The van der Waals surface area contributed by atoms with Crippen LogP contribution in [-0.4, -0.2) is 25.6 Å². The van der Waals surface area contributed by atoms with Crippen LogP contribution in [0.15, 0.2) is 64.1 Å². The van der Waals surface area contributed by atoms with Crippen LogP contribution in [0.2, 0.25) is 0 Å². The summed E-state index contributed by atoms with van der Waals surface area (Å²) in [7, 11) is 0. The Bertz CT molecular complexity index is 1510. The summed E-state index contributed by atoms with van der Waals surface area (Å²) in [6.07, 6.45) is 4.65. The Labute approximate surface area is 208 Å². The molecule has 2 heterocycles. The van der Waals surface area contributed by atoms with Crippen LogP contribution in [0.1, 0.15) is 35.7 Å². The summed E-state index contributed by atoms with van der Waals surface area (Å²) in [4.78, 5) is 32.9. The fraction of sp³-hybridized carbons (Fsp3) is 0.160. The number of hydrogen-bond donors (Lipinski definition) is 2. The number of nitrogens with one attached hydrogen (secondary N) is 1. The predicted molar refractivity (Wildman–Crippen MR) is 134 cm³/mol. The standard InChI is InChI=1S/C25H20BrN5O4/c1-2-3-10-31-14-18(24(33)34)23(32)17-11-19(26)21(12-20(17)31)35-22-8-9-28-25(30-22)29-16-6-4-15(13-27)5-7-16/h4-9,11-12,14H,2-3,10H2,1H3,(H,33,34)(H,28,29,30). The van der Waals surface area contributed by atoms with Crippen molar-refractivity contribution in [2.75, 3.05) is 5.32 Å². The number of ether oxygens (including phenoxy) is 1. The van der Waals surface area contributed by atoms with Crippen LogP contribution in [0.25, 0.3) is 10.9 Å². The number of carboxylic acids is 1. The van der Waals surface area contributed by atoms with Gasteiger partial charge in [-0.15, -0.1) is 0 Å². The van der Waals surface area contributed by atoms with Crippen molar-refractivity contribution in [3.8, 4) is 17.7 Å². The third-order valence-corrected chi connectivity index (χ3v) is 5.85. The summed E-state index contributed by atoms with van der Waals surface area (Å²) < 4.78 is 8.24. The van der Waals surface area contributed by atoms with Crippen molar-refractivity contribution in [2.24, 2.45) is 0 Å². The maximum atomic E-state index is 12.8. The number of pyridine rings is 1. The molecule has 35 heavy (non-hydrogen) atoms. The van der Waals surface area contributed by atoms with Gasteiger partial charge in [0.15, 0.2) is 0 Å². The highest BCUT2D eigenvalue weighted by molar-refractivity contribution is 9.10. The number of halogens is 1. The number of aromatic carboxylic acids is 1. The van der Waals surface area contributed by atoms with Crippen LogP contribution in [-0.2, 0) is 6.54 Å². The highest BCUT2D eigenvalue weighted by Crippen LogP contribution is 2.33. The smallest absolute Gasteiger partial charge is 0.341 e. The van der Waals surface area contributed by atoms with Gasteiger partial charge in [0.25, 0.3) is 0 Å². The molecule has 2 aromatic heterocycles. The Hall–Kier alpha value is -4.23. The van der Waals surface area contributed by atoms with Crippen LogP contribution in [0.5, 0.6) is 11.6 Å². The minimum atomic E-state index is -1.26. The second-order valence-electron chi connectivity index (χ2n) is 7.66. The third kappa shape index (κ3) is 5.31. The number of aryl methyl sites for hydroxylation is 1. The van der Waals surface area contributed by atoms with E-state index in [1.54, 1.807) is 53.2 Å². The Kier molecular flexibility index (Phi) is 7.08. The van der Waals surface area contributed by atoms with Gasteiger partial charge in [-0.3, -0.25) is 4.79 Å². The number of anilines is 2. The fourth-order valence-electron chi connectivity index (χ4n) is 3.46. The molecule has 9 nitrogen and oxygen atoms in total. The quantitative estimate of drug-likeness (QED) is 0.305. The highest BCUT2D eigenvalue weighted by atomic mass is 79.9. The van der Waals surface area contributed by atoms with Gasteiger partial charge in [0.2, 0.25) is 17.3 Å². The molecule has 0 unspecified atom stereocenters. The summed E-state index contributed by atoms with van der Waals surface area (Å²) in [5.41, 5.74) is 0.994. The molecule has 0 amide bonds. The second-order valence-corrected chi connectivity index (χ2v) is 8.51. The summed E-state index contributed by atoms with van der Waals surface area (Å²) in [6.45, 7) is 2.59. The first kappa shape index (κ1) is 23.9. The first-order valence-corrected chi connectivity index (χ1v) is 11.6. The van der Waals surface area contributed by atoms with Crippen molar-refractivity contribution in [1.29, 1.82) is 5.26 Å². The van der Waals surface area contributed by atoms with Gasteiger partial charge < -0.3 is 19.7 Å². The van der Waals surface area contributed by atoms with Crippen molar-refractivity contribution in [2.45, 2.75) is 26.3 Å². The van der Waals surface area contributed by atoms with Gasteiger partial charge in [-0.25, -0.2) is 9.78 Å². The number of nitriles is 1. The zero-order valence-corrected chi connectivity index (χ0v) is 20.2. The number of carboxylic acid groups (broad SMARTS) is 1. The Morgan fingerprint density at radius 3 is 2.71 bits per heavy atom. The number of unbranched alkanes of at least 4 members (excludes halogenated alkanes) is 1. The molecular formula is C25H20BrN5O4. The molecule has 176 valence electrons. The lowest BCUT2D eigenvalue weighted by Gasteiger charge is -2.15. The van der Waals surface area contributed by atoms with Gasteiger partial charge in [0, 0.05) is 42.1 Å². The molecule has 2 aromatic carbocycles. The number of nitrogens with zero attached hydrogens (tertiary/aromatic N) is 4. The lowest BCUT2D eigenvalue weighted by molar-refractivity contribution is 0.0695. The number of carbonyl (C=O) groups is 1. The molecule has 2 N–H and O–H groups in total. The SMILES string of the molecule is CCCCn1cc(C(=O)O)c(=O)c2cc(Br)c(Oc3ccnc(Nc4ccc(C#N)cc4)n3)cc21. The molecule has 10 heteroatoms. The minimum Gasteiger partial charge on any atom is -0.477 e. The normalized spacial score (nSPS) is 10.7. The monoisotopic (exact) mass is 533 g/mol. The minimum absolute atomic E-state index is 0.265. The van der Waals surface area contributed by atoms with Gasteiger partial charge in [-0.05, 0) is 52.7 Å². The third-order valence-electron chi connectivity index (χ3n) is 5.23. The molecule has 4 rings (SSSR count). The van der Waals surface area contributed by atoms with E-state index in [1.807, 2.05) is 6.92 Å². The van der Waals surface area contributed by atoms with E-state index < -0.39 is 11.4 Å². The lowest BCUT2D eigenvalue weighted by Crippen LogP contribution is -2.19. The molecule has 0 spiro atoms. The molecule has 0 saturated carbocycles. The van der Waals surface area contributed by atoms with E-state index in [-0.39, 0.29) is 16.8 Å². The molecule has 0 bridgehead atoms. The maximum absolute atomic E-state index is 12.8. The first-order valence-electron chi connectivity index (χ1n) is 10.8. The largest absolute Gasteiger partial charge is 0.477 e. The Morgan fingerprint density at radius 1 is 1.26 bits per heavy atom. The van der Waals surface area contributed by atoms with E-state index in [2.05, 4.69) is 37.3 Å². The molecule has 0 aliphatic carbocycles. The molecule has 4 aromatic rings. The number of benzene rings is 2. The topological polar surface area (TPSA) is 130 Å². The predicted octanol–water partition coefficient (Wildman–Crippen LogP) is 5.46. The highest BCUT2D eigenvalue weighted by Gasteiger charge is 2.17. The van der Waals surface area contributed by atoms with Crippen LogP contribution >= 0.6 is 15.9 Å². The second kappa shape index (κ2) is 10.4. The Morgan fingerprint density at radius 2 is 2.03 bits per heavy atom. The molecule has 0 fully saturated rings. The van der Waals surface area contributed by atoms with Gasteiger partial charge >= 0.3 is 5.97 Å². The van der Waals surface area contributed by atoms with E-state index in [9.17, 15) is 14.7 Å². The number of fused-ring (bicyclic) bond motifs is 1. The average Bonchev–Trinajstić information content (AvgIpc) is 2.85.